The van der Waals surface area contributed by atoms with Crippen molar-refractivity contribution < 1.29 is 17.9 Å². The lowest BCUT2D eigenvalue weighted by molar-refractivity contribution is 0.0954. The Bertz CT molecular complexity index is 969. The summed E-state index contributed by atoms with van der Waals surface area (Å²) in [6, 6.07) is 11.4. The predicted molar refractivity (Wildman–Crippen MR) is 102 cm³/mol. The van der Waals surface area contributed by atoms with Crippen molar-refractivity contribution in [3.05, 3.63) is 58.1 Å². The number of halogens is 1. The third kappa shape index (κ3) is 4.31. The fourth-order valence-electron chi connectivity index (χ4n) is 2.56. The second kappa shape index (κ2) is 7.59. The Hall–Kier alpha value is -2.19. The first kappa shape index (κ1) is 18.6. The quantitative estimate of drug-likeness (QED) is 0.748. The number of nitrogens with one attached hydrogen (secondary N) is 1. The van der Waals surface area contributed by atoms with Gasteiger partial charge in [0.2, 0.25) is 0 Å². The van der Waals surface area contributed by atoms with E-state index < -0.39 is 15.7 Å². The molecule has 2 aromatic rings. The first-order valence-electron chi connectivity index (χ1n) is 7.94. The number of benzene rings is 2. The molecular formula is C18H17BrN2O4S. The number of sulfone groups is 1. The van der Waals surface area contributed by atoms with Gasteiger partial charge in [-0.25, -0.2) is 13.8 Å². The molecule has 0 saturated carbocycles. The lowest BCUT2D eigenvalue weighted by Crippen LogP contribution is -2.20. The van der Waals surface area contributed by atoms with Crippen molar-refractivity contribution in [2.24, 2.45) is 5.10 Å². The average Bonchev–Trinajstić information content (AvgIpc) is 2.81. The molecule has 1 aliphatic rings. The molecule has 6 nitrogen and oxygen atoms in total. The normalized spacial score (nSPS) is 15.7. The maximum Gasteiger partial charge on any atom is 0.271 e. The van der Waals surface area contributed by atoms with Crippen LogP contribution in [-0.4, -0.2) is 32.9 Å². The first-order valence-corrected chi connectivity index (χ1v) is 10.6. The van der Waals surface area contributed by atoms with Crippen LogP contribution in [0.4, 0.5) is 0 Å². The highest BCUT2D eigenvalue weighted by molar-refractivity contribution is 9.10. The molecule has 1 heterocycles. The minimum atomic E-state index is -3.29. The Morgan fingerprint density at radius 1 is 1.19 bits per heavy atom. The third-order valence-electron chi connectivity index (χ3n) is 3.91. The molecule has 0 aromatic heterocycles. The number of rotatable bonds is 3. The minimum absolute atomic E-state index is 0.167. The van der Waals surface area contributed by atoms with Crippen LogP contribution in [0.2, 0.25) is 0 Å². The average molecular weight is 437 g/mol. The summed E-state index contributed by atoms with van der Waals surface area (Å²) in [6.07, 6.45) is 2.60. The van der Waals surface area contributed by atoms with Gasteiger partial charge in [-0.05, 0) is 55.3 Å². The second-order valence-corrected chi connectivity index (χ2v) is 8.82. The summed E-state index contributed by atoms with van der Waals surface area (Å²) in [5, 5.41) is 4.27. The Kier molecular flexibility index (Phi) is 5.43. The van der Waals surface area contributed by atoms with Crippen molar-refractivity contribution in [3.8, 4) is 5.75 Å². The topological polar surface area (TPSA) is 84.8 Å². The molecular weight excluding hydrogens is 420 g/mol. The van der Waals surface area contributed by atoms with Gasteiger partial charge in [0, 0.05) is 21.9 Å². The van der Waals surface area contributed by atoms with E-state index in [1.165, 1.54) is 24.3 Å². The zero-order valence-corrected chi connectivity index (χ0v) is 16.4. The lowest BCUT2D eigenvalue weighted by Gasteiger charge is -2.09. The maximum absolute atomic E-state index is 12.3. The summed E-state index contributed by atoms with van der Waals surface area (Å²) < 4.78 is 29.6. The molecule has 0 saturated heterocycles. The zero-order chi connectivity index (χ0) is 18.7. The van der Waals surface area contributed by atoms with Crippen molar-refractivity contribution in [1.82, 2.24) is 5.43 Å². The highest BCUT2D eigenvalue weighted by Crippen LogP contribution is 2.27. The summed E-state index contributed by atoms with van der Waals surface area (Å²) in [5.41, 5.74) is 4.45. The molecule has 2 aromatic carbocycles. The molecule has 8 heteroatoms. The third-order valence-corrected chi connectivity index (χ3v) is 5.53. The molecule has 26 heavy (non-hydrogen) atoms. The van der Waals surface area contributed by atoms with Crippen LogP contribution >= 0.6 is 15.9 Å². The Morgan fingerprint density at radius 2 is 1.92 bits per heavy atom. The summed E-state index contributed by atoms with van der Waals surface area (Å²) in [5.74, 6) is 0.329. The van der Waals surface area contributed by atoms with Gasteiger partial charge in [-0.2, -0.15) is 5.10 Å². The Labute approximate surface area is 160 Å². The largest absolute Gasteiger partial charge is 0.493 e. The van der Waals surface area contributed by atoms with Gasteiger partial charge in [-0.1, -0.05) is 15.9 Å². The SMILES string of the molecule is CS(=O)(=O)c1ccc(C(=O)NN=C2CCCOc3ccc(Br)cc32)cc1. The Balaban J connectivity index is 1.81. The van der Waals surface area contributed by atoms with Crippen molar-refractivity contribution >= 4 is 37.4 Å². The van der Waals surface area contributed by atoms with E-state index in [0.717, 1.165) is 34.2 Å². The zero-order valence-electron chi connectivity index (χ0n) is 14.0. The predicted octanol–water partition coefficient (Wildman–Crippen LogP) is 3.16. The second-order valence-electron chi connectivity index (χ2n) is 5.89. The number of amides is 1. The molecule has 3 rings (SSSR count). The number of hydrogen-bond donors (Lipinski definition) is 1. The van der Waals surface area contributed by atoms with Crippen LogP contribution in [0.25, 0.3) is 0 Å². The first-order chi connectivity index (χ1) is 12.3. The highest BCUT2D eigenvalue weighted by Gasteiger charge is 2.16. The van der Waals surface area contributed by atoms with Gasteiger partial charge in [-0.3, -0.25) is 4.79 Å². The van der Waals surface area contributed by atoms with E-state index in [1.54, 1.807) is 0 Å². The molecule has 1 amide bonds. The lowest BCUT2D eigenvalue weighted by atomic mass is 10.1. The fourth-order valence-corrected chi connectivity index (χ4v) is 3.55. The van der Waals surface area contributed by atoms with Gasteiger partial charge in [0.05, 0.1) is 17.2 Å². The fraction of sp³-hybridized carbons (Fsp3) is 0.222. The van der Waals surface area contributed by atoms with Gasteiger partial charge >= 0.3 is 0 Å². The van der Waals surface area contributed by atoms with Crippen LogP contribution in [0.15, 0.2) is 56.9 Å². The van der Waals surface area contributed by atoms with Gasteiger partial charge < -0.3 is 4.74 Å². The van der Waals surface area contributed by atoms with Gasteiger partial charge in [0.1, 0.15) is 5.75 Å². The van der Waals surface area contributed by atoms with Crippen molar-refractivity contribution in [3.63, 3.8) is 0 Å². The van der Waals surface area contributed by atoms with Crippen molar-refractivity contribution in [2.75, 3.05) is 12.9 Å². The number of carbonyl (C=O) groups is 1. The summed E-state index contributed by atoms with van der Waals surface area (Å²) >= 11 is 3.44. The maximum atomic E-state index is 12.3. The number of nitrogens with zero attached hydrogens (tertiary/aromatic N) is 1. The van der Waals surface area contributed by atoms with E-state index in [4.69, 9.17) is 4.74 Å². The van der Waals surface area contributed by atoms with E-state index in [0.29, 0.717) is 18.6 Å². The molecule has 0 bridgehead atoms. The van der Waals surface area contributed by atoms with Crippen LogP contribution in [0, 0.1) is 0 Å². The molecule has 0 radical (unpaired) electrons. The molecule has 0 unspecified atom stereocenters. The van der Waals surface area contributed by atoms with Gasteiger partial charge in [-0.15, -0.1) is 0 Å². The van der Waals surface area contributed by atoms with E-state index in [2.05, 4.69) is 26.5 Å². The van der Waals surface area contributed by atoms with Gasteiger partial charge in [0.25, 0.3) is 5.91 Å². The van der Waals surface area contributed by atoms with Crippen LogP contribution in [-0.2, 0) is 9.84 Å². The summed E-state index contributed by atoms with van der Waals surface area (Å²) in [7, 11) is -3.29. The Morgan fingerprint density at radius 3 is 2.62 bits per heavy atom. The van der Waals surface area contributed by atoms with E-state index in [9.17, 15) is 13.2 Å². The molecule has 1 N–H and O–H groups in total. The van der Waals surface area contributed by atoms with Crippen LogP contribution in [0.1, 0.15) is 28.8 Å². The molecule has 0 fully saturated rings. The van der Waals surface area contributed by atoms with Crippen molar-refractivity contribution in [2.45, 2.75) is 17.7 Å². The number of hydrazone groups is 1. The summed E-state index contributed by atoms with van der Waals surface area (Å²) in [6.45, 7) is 0.592. The highest BCUT2D eigenvalue weighted by atomic mass is 79.9. The summed E-state index contributed by atoms with van der Waals surface area (Å²) in [4.78, 5) is 12.5. The molecule has 0 atom stereocenters. The van der Waals surface area contributed by atoms with Crippen LogP contribution in [0.5, 0.6) is 5.75 Å². The number of ether oxygens (including phenoxy) is 1. The monoisotopic (exact) mass is 436 g/mol. The van der Waals surface area contributed by atoms with E-state index in [1.807, 2.05) is 18.2 Å². The van der Waals surface area contributed by atoms with Crippen LogP contribution in [0.3, 0.4) is 0 Å². The van der Waals surface area contributed by atoms with Crippen molar-refractivity contribution in [1.29, 1.82) is 0 Å². The number of carbonyl (C=O) groups excluding carboxylic acids is 1. The van der Waals surface area contributed by atoms with E-state index >= 15 is 0 Å². The standard InChI is InChI=1S/C18H17BrN2O4S/c1-26(23,24)14-7-4-12(5-8-14)18(22)21-20-16-3-2-10-25-17-9-6-13(19)11-15(16)17/h4-9,11H,2-3,10H2,1H3,(H,21,22). The minimum Gasteiger partial charge on any atom is -0.493 e. The molecule has 0 aliphatic carbocycles. The molecule has 1 aliphatic heterocycles. The van der Waals surface area contributed by atoms with E-state index in [-0.39, 0.29) is 4.90 Å². The van der Waals surface area contributed by atoms with Crippen LogP contribution < -0.4 is 10.2 Å². The smallest absolute Gasteiger partial charge is 0.271 e. The number of hydrogen-bond acceptors (Lipinski definition) is 5. The number of fused-ring (bicyclic) bond motifs is 1. The van der Waals surface area contributed by atoms with Gasteiger partial charge in [0.15, 0.2) is 9.84 Å². The molecule has 0 spiro atoms. The molecule has 136 valence electrons.